The monoisotopic (exact) mass is 289 g/mol. The Morgan fingerprint density at radius 1 is 1.20 bits per heavy atom. The van der Waals surface area contributed by atoms with Crippen LogP contribution >= 0.6 is 11.3 Å². The molecule has 0 spiro atoms. The molecule has 1 N–H and O–H groups in total. The Balaban J connectivity index is 1.80. The van der Waals surface area contributed by atoms with Gasteiger partial charge in [-0.15, -0.1) is 0 Å². The van der Waals surface area contributed by atoms with E-state index in [1.165, 1.54) is 16.0 Å². The lowest BCUT2D eigenvalue weighted by atomic mass is 10.0. The van der Waals surface area contributed by atoms with E-state index in [0.29, 0.717) is 6.04 Å². The molecule has 0 radical (unpaired) electrons. The second-order valence-corrected chi connectivity index (χ2v) is 6.03. The third-order valence-corrected chi connectivity index (χ3v) is 4.72. The van der Waals surface area contributed by atoms with Crippen LogP contribution in [0.15, 0.2) is 36.4 Å². The quantitative estimate of drug-likeness (QED) is 0.938. The van der Waals surface area contributed by atoms with E-state index in [2.05, 4.69) is 42.6 Å². The van der Waals surface area contributed by atoms with E-state index >= 15 is 0 Å². The molecule has 1 fully saturated rings. The number of rotatable bonds is 3. The molecule has 1 aromatic heterocycles. The average Bonchev–Trinajstić information content (AvgIpc) is 2.97. The first-order valence-corrected chi connectivity index (χ1v) is 7.69. The standard InChI is InChI=1S/C16H19NO2S/c1-11-16(19-10-9-17-11)13-5-3-12(4-6-13)14-7-8-15(18-2)20-14/h3-8,11,16-17H,9-10H2,1-2H3/t11-,16+/m0/s1. The fourth-order valence-corrected chi connectivity index (χ4v) is 3.36. The van der Waals surface area contributed by atoms with Gasteiger partial charge < -0.3 is 14.8 Å². The summed E-state index contributed by atoms with van der Waals surface area (Å²) in [6.07, 6.45) is 0.149. The Hall–Kier alpha value is -1.36. The smallest absolute Gasteiger partial charge is 0.173 e. The van der Waals surface area contributed by atoms with Crippen molar-refractivity contribution in [1.29, 1.82) is 0 Å². The fourth-order valence-electron chi connectivity index (χ4n) is 2.53. The Bertz CT molecular complexity index is 564. The minimum atomic E-state index is 0.149. The molecule has 2 heterocycles. The summed E-state index contributed by atoms with van der Waals surface area (Å²) in [5, 5.41) is 4.39. The van der Waals surface area contributed by atoms with E-state index in [1.54, 1.807) is 18.4 Å². The van der Waals surface area contributed by atoms with Crippen molar-refractivity contribution in [2.24, 2.45) is 0 Å². The zero-order valence-corrected chi connectivity index (χ0v) is 12.6. The van der Waals surface area contributed by atoms with E-state index < -0.39 is 0 Å². The Kier molecular flexibility index (Phi) is 4.05. The molecule has 2 aromatic rings. The van der Waals surface area contributed by atoms with Crippen molar-refractivity contribution in [2.75, 3.05) is 20.3 Å². The molecule has 2 atom stereocenters. The van der Waals surface area contributed by atoms with Crippen LogP contribution in [0.4, 0.5) is 0 Å². The molecular formula is C16H19NO2S. The summed E-state index contributed by atoms with van der Waals surface area (Å²) in [5.41, 5.74) is 2.45. The van der Waals surface area contributed by atoms with Crippen LogP contribution in [-0.4, -0.2) is 26.3 Å². The zero-order chi connectivity index (χ0) is 13.9. The van der Waals surface area contributed by atoms with Gasteiger partial charge in [-0.2, -0.15) is 0 Å². The minimum absolute atomic E-state index is 0.149. The van der Waals surface area contributed by atoms with Crippen LogP contribution in [-0.2, 0) is 4.74 Å². The molecule has 1 aliphatic heterocycles. The zero-order valence-electron chi connectivity index (χ0n) is 11.8. The van der Waals surface area contributed by atoms with Crippen molar-refractivity contribution >= 4 is 11.3 Å². The fraction of sp³-hybridized carbons (Fsp3) is 0.375. The number of methoxy groups -OCH3 is 1. The van der Waals surface area contributed by atoms with Crippen LogP contribution < -0.4 is 10.1 Å². The molecule has 3 nitrogen and oxygen atoms in total. The predicted molar refractivity (Wildman–Crippen MR) is 82.5 cm³/mol. The predicted octanol–water partition coefficient (Wildman–Crippen LogP) is 3.47. The summed E-state index contributed by atoms with van der Waals surface area (Å²) in [5.74, 6) is 0. The van der Waals surface area contributed by atoms with Gasteiger partial charge >= 0.3 is 0 Å². The van der Waals surface area contributed by atoms with E-state index in [1.807, 2.05) is 6.07 Å². The first-order valence-electron chi connectivity index (χ1n) is 6.87. The van der Waals surface area contributed by atoms with E-state index in [9.17, 15) is 0 Å². The van der Waals surface area contributed by atoms with Gasteiger partial charge in [-0.25, -0.2) is 0 Å². The highest BCUT2D eigenvalue weighted by Gasteiger charge is 2.23. The normalized spacial score (nSPS) is 22.7. The molecule has 20 heavy (non-hydrogen) atoms. The Morgan fingerprint density at radius 2 is 2.00 bits per heavy atom. The highest BCUT2D eigenvalue weighted by molar-refractivity contribution is 7.17. The summed E-state index contributed by atoms with van der Waals surface area (Å²) in [4.78, 5) is 1.23. The van der Waals surface area contributed by atoms with Gasteiger partial charge in [-0.05, 0) is 30.2 Å². The average molecular weight is 289 g/mol. The molecule has 4 heteroatoms. The maximum Gasteiger partial charge on any atom is 0.173 e. The number of benzene rings is 1. The van der Waals surface area contributed by atoms with Gasteiger partial charge in [0.15, 0.2) is 5.06 Å². The topological polar surface area (TPSA) is 30.5 Å². The summed E-state index contributed by atoms with van der Waals surface area (Å²) in [7, 11) is 1.70. The van der Waals surface area contributed by atoms with Gasteiger partial charge in [0.1, 0.15) is 0 Å². The van der Waals surface area contributed by atoms with Crippen molar-refractivity contribution in [3.05, 3.63) is 42.0 Å². The van der Waals surface area contributed by atoms with Crippen molar-refractivity contribution in [2.45, 2.75) is 19.1 Å². The first-order chi connectivity index (χ1) is 9.78. The van der Waals surface area contributed by atoms with Crippen LogP contribution in [0.3, 0.4) is 0 Å². The largest absolute Gasteiger partial charge is 0.487 e. The third-order valence-electron chi connectivity index (χ3n) is 3.63. The van der Waals surface area contributed by atoms with E-state index in [4.69, 9.17) is 9.47 Å². The van der Waals surface area contributed by atoms with Crippen molar-refractivity contribution in [3.8, 4) is 15.5 Å². The molecule has 0 aliphatic carbocycles. The maximum atomic E-state index is 5.86. The highest BCUT2D eigenvalue weighted by atomic mass is 32.1. The lowest BCUT2D eigenvalue weighted by Gasteiger charge is -2.30. The highest BCUT2D eigenvalue weighted by Crippen LogP contribution is 2.33. The van der Waals surface area contributed by atoms with Crippen molar-refractivity contribution in [1.82, 2.24) is 5.32 Å². The second kappa shape index (κ2) is 5.95. The molecule has 3 rings (SSSR count). The summed E-state index contributed by atoms with van der Waals surface area (Å²) in [6, 6.07) is 13.1. The van der Waals surface area contributed by atoms with Crippen molar-refractivity contribution < 1.29 is 9.47 Å². The van der Waals surface area contributed by atoms with Gasteiger partial charge in [0, 0.05) is 17.5 Å². The molecule has 1 aromatic carbocycles. The number of nitrogens with one attached hydrogen (secondary N) is 1. The number of morpholine rings is 1. The van der Waals surface area contributed by atoms with Gasteiger partial charge in [-0.1, -0.05) is 35.6 Å². The molecule has 0 amide bonds. The van der Waals surface area contributed by atoms with Crippen molar-refractivity contribution in [3.63, 3.8) is 0 Å². The molecule has 1 aliphatic rings. The van der Waals surface area contributed by atoms with Crippen LogP contribution in [0.2, 0.25) is 0 Å². The van der Waals surface area contributed by atoms with Crippen LogP contribution in [0.5, 0.6) is 5.06 Å². The lowest BCUT2D eigenvalue weighted by Crippen LogP contribution is -2.41. The molecule has 0 bridgehead atoms. The molecule has 0 saturated carbocycles. The van der Waals surface area contributed by atoms with Gasteiger partial charge in [0.05, 0.1) is 19.8 Å². The number of thiophene rings is 1. The third kappa shape index (κ3) is 2.73. The lowest BCUT2D eigenvalue weighted by molar-refractivity contribution is -0.000214. The summed E-state index contributed by atoms with van der Waals surface area (Å²) < 4.78 is 11.1. The van der Waals surface area contributed by atoms with Crippen LogP contribution in [0.1, 0.15) is 18.6 Å². The van der Waals surface area contributed by atoms with E-state index in [0.717, 1.165) is 18.2 Å². The Labute approximate surface area is 123 Å². The van der Waals surface area contributed by atoms with Crippen LogP contribution in [0, 0.1) is 0 Å². The number of ether oxygens (including phenoxy) is 2. The summed E-state index contributed by atoms with van der Waals surface area (Å²) >= 11 is 1.66. The first kappa shape index (κ1) is 13.6. The van der Waals surface area contributed by atoms with Gasteiger partial charge in [0.2, 0.25) is 0 Å². The Morgan fingerprint density at radius 3 is 2.65 bits per heavy atom. The SMILES string of the molecule is COc1ccc(-c2ccc([C@@H]3OCCN[C@H]3C)cc2)s1. The maximum absolute atomic E-state index is 5.86. The van der Waals surface area contributed by atoms with E-state index in [-0.39, 0.29) is 6.10 Å². The minimum Gasteiger partial charge on any atom is -0.487 e. The molecule has 1 saturated heterocycles. The van der Waals surface area contributed by atoms with Gasteiger partial charge in [-0.3, -0.25) is 0 Å². The molecular weight excluding hydrogens is 270 g/mol. The summed E-state index contributed by atoms with van der Waals surface area (Å²) in [6.45, 7) is 3.88. The van der Waals surface area contributed by atoms with Gasteiger partial charge in [0.25, 0.3) is 0 Å². The van der Waals surface area contributed by atoms with Crippen LogP contribution in [0.25, 0.3) is 10.4 Å². The number of hydrogen-bond donors (Lipinski definition) is 1. The second-order valence-electron chi connectivity index (χ2n) is 4.98. The number of hydrogen-bond acceptors (Lipinski definition) is 4. The molecule has 0 unspecified atom stereocenters. The molecule has 106 valence electrons.